The molecule has 1 amide bonds. The predicted octanol–water partition coefficient (Wildman–Crippen LogP) is 3.07. The lowest BCUT2D eigenvalue weighted by molar-refractivity contribution is -0.384. The minimum atomic E-state index is -0.969. The number of nitriles is 1. The van der Waals surface area contributed by atoms with Crippen LogP contribution in [0.2, 0.25) is 5.02 Å². The molecular formula is C18H14ClN3O6. The number of nitrogens with zero attached hydrogens (tertiary/aromatic N) is 2. The predicted molar refractivity (Wildman–Crippen MR) is 98.9 cm³/mol. The molecule has 28 heavy (non-hydrogen) atoms. The first-order valence-corrected chi connectivity index (χ1v) is 8.25. The van der Waals surface area contributed by atoms with Crippen LogP contribution < -0.4 is 10.1 Å². The average Bonchev–Trinajstić information content (AvgIpc) is 2.67. The summed E-state index contributed by atoms with van der Waals surface area (Å²) >= 11 is 5.76. The number of halogens is 1. The fourth-order valence-corrected chi connectivity index (χ4v) is 2.18. The number of carbonyl (C=O) groups is 2. The lowest BCUT2D eigenvalue weighted by Crippen LogP contribution is -2.29. The molecule has 0 aliphatic rings. The molecule has 144 valence electrons. The molecule has 0 aliphatic heterocycles. The van der Waals surface area contributed by atoms with E-state index < -0.39 is 29.5 Å². The zero-order valence-corrected chi connectivity index (χ0v) is 15.3. The van der Waals surface area contributed by atoms with Gasteiger partial charge in [-0.3, -0.25) is 14.9 Å². The largest absolute Gasteiger partial charge is 0.479 e. The zero-order valence-electron chi connectivity index (χ0n) is 14.5. The van der Waals surface area contributed by atoms with Crippen molar-refractivity contribution in [3.63, 3.8) is 0 Å². The number of esters is 1. The fraction of sp³-hybridized carbons (Fsp3) is 0.167. The molecule has 9 nitrogen and oxygen atoms in total. The van der Waals surface area contributed by atoms with E-state index in [0.29, 0.717) is 10.8 Å². The maximum absolute atomic E-state index is 11.9. The van der Waals surface area contributed by atoms with E-state index in [0.717, 1.165) is 12.1 Å². The number of benzene rings is 2. The fourth-order valence-electron chi connectivity index (χ4n) is 2.05. The number of nitro groups is 1. The van der Waals surface area contributed by atoms with Crippen molar-refractivity contribution in [2.75, 3.05) is 11.9 Å². The summed E-state index contributed by atoms with van der Waals surface area (Å²) in [5, 5.41) is 22.7. The Balaban J connectivity index is 1.89. The van der Waals surface area contributed by atoms with Crippen LogP contribution in [0.3, 0.4) is 0 Å². The van der Waals surface area contributed by atoms with Crippen molar-refractivity contribution in [3.8, 4) is 11.8 Å². The minimum absolute atomic E-state index is 0.0691. The van der Waals surface area contributed by atoms with Crippen molar-refractivity contribution in [2.45, 2.75) is 13.0 Å². The van der Waals surface area contributed by atoms with Crippen LogP contribution >= 0.6 is 11.6 Å². The molecular weight excluding hydrogens is 390 g/mol. The Morgan fingerprint density at radius 2 is 1.96 bits per heavy atom. The smallest absolute Gasteiger partial charge is 0.347 e. The van der Waals surface area contributed by atoms with Crippen LogP contribution in [0.5, 0.6) is 5.75 Å². The highest BCUT2D eigenvalue weighted by Gasteiger charge is 2.19. The van der Waals surface area contributed by atoms with E-state index in [2.05, 4.69) is 5.32 Å². The van der Waals surface area contributed by atoms with E-state index in [1.165, 1.54) is 13.0 Å². The van der Waals surface area contributed by atoms with Gasteiger partial charge in [-0.1, -0.05) is 11.6 Å². The van der Waals surface area contributed by atoms with Crippen molar-refractivity contribution >= 4 is 34.9 Å². The van der Waals surface area contributed by atoms with E-state index in [1.54, 1.807) is 30.3 Å². The number of amides is 1. The monoisotopic (exact) mass is 403 g/mol. The number of ether oxygens (including phenoxy) is 2. The molecule has 0 saturated heterocycles. The van der Waals surface area contributed by atoms with Gasteiger partial charge in [-0.25, -0.2) is 4.79 Å². The first kappa shape index (κ1) is 20.7. The summed E-state index contributed by atoms with van der Waals surface area (Å²) < 4.78 is 10.3. The molecule has 2 aromatic carbocycles. The van der Waals surface area contributed by atoms with E-state index in [9.17, 15) is 19.7 Å². The third-order valence-corrected chi connectivity index (χ3v) is 3.66. The summed E-state index contributed by atoms with van der Waals surface area (Å²) in [5.41, 5.74) is -0.304. The lowest BCUT2D eigenvalue weighted by Gasteiger charge is -2.14. The summed E-state index contributed by atoms with van der Waals surface area (Å²) in [6, 6.07) is 11.5. The third kappa shape index (κ3) is 5.69. The second-order valence-corrected chi connectivity index (χ2v) is 5.91. The molecule has 0 bridgehead atoms. The van der Waals surface area contributed by atoms with Crippen LogP contribution in [0.15, 0.2) is 42.5 Å². The lowest BCUT2D eigenvalue weighted by atomic mass is 10.1. The van der Waals surface area contributed by atoms with Crippen molar-refractivity contribution in [1.29, 1.82) is 5.26 Å². The van der Waals surface area contributed by atoms with Crippen molar-refractivity contribution < 1.29 is 24.0 Å². The van der Waals surface area contributed by atoms with Gasteiger partial charge >= 0.3 is 5.97 Å². The highest BCUT2D eigenvalue weighted by molar-refractivity contribution is 6.30. The summed E-state index contributed by atoms with van der Waals surface area (Å²) in [7, 11) is 0. The molecule has 0 aliphatic carbocycles. The second kappa shape index (κ2) is 9.34. The number of non-ortho nitro benzene ring substituents is 1. The quantitative estimate of drug-likeness (QED) is 0.426. The molecule has 0 spiro atoms. The molecule has 0 unspecified atom stereocenters. The van der Waals surface area contributed by atoms with Gasteiger partial charge < -0.3 is 14.8 Å². The topological polar surface area (TPSA) is 132 Å². The summed E-state index contributed by atoms with van der Waals surface area (Å²) in [5.74, 6) is -1.07. The first-order chi connectivity index (χ1) is 13.3. The Morgan fingerprint density at radius 1 is 1.29 bits per heavy atom. The molecule has 0 radical (unpaired) electrons. The van der Waals surface area contributed by atoms with Crippen molar-refractivity contribution in [2.24, 2.45) is 0 Å². The van der Waals surface area contributed by atoms with E-state index >= 15 is 0 Å². The van der Waals surface area contributed by atoms with Gasteiger partial charge in [0, 0.05) is 17.2 Å². The number of hydrogen-bond acceptors (Lipinski definition) is 7. The van der Waals surface area contributed by atoms with Crippen LogP contribution in [0.4, 0.5) is 11.4 Å². The number of carbonyl (C=O) groups excluding carboxylic acids is 2. The van der Waals surface area contributed by atoms with Crippen LogP contribution in [-0.4, -0.2) is 29.5 Å². The van der Waals surface area contributed by atoms with Crippen molar-refractivity contribution in [3.05, 3.63) is 63.2 Å². The molecule has 10 heteroatoms. The number of hydrogen-bond donors (Lipinski definition) is 1. The van der Waals surface area contributed by atoms with Gasteiger partial charge in [0.25, 0.3) is 11.6 Å². The van der Waals surface area contributed by atoms with Gasteiger partial charge in [0.05, 0.1) is 16.2 Å². The second-order valence-electron chi connectivity index (χ2n) is 5.47. The minimum Gasteiger partial charge on any atom is -0.479 e. The van der Waals surface area contributed by atoms with Crippen LogP contribution in [0.1, 0.15) is 12.5 Å². The molecule has 0 fully saturated rings. The first-order valence-electron chi connectivity index (χ1n) is 7.87. The maximum atomic E-state index is 11.9. The molecule has 2 rings (SSSR count). The molecule has 0 aromatic heterocycles. The Kier molecular flexibility index (Phi) is 6.90. The average molecular weight is 404 g/mol. The number of anilines is 1. The molecule has 1 atom stereocenters. The van der Waals surface area contributed by atoms with E-state index in [4.69, 9.17) is 26.3 Å². The summed E-state index contributed by atoms with van der Waals surface area (Å²) in [4.78, 5) is 33.9. The normalized spacial score (nSPS) is 11.0. The van der Waals surface area contributed by atoms with Crippen LogP contribution in [-0.2, 0) is 14.3 Å². The van der Waals surface area contributed by atoms with Crippen LogP contribution in [0.25, 0.3) is 0 Å². The summed E-state index contributed by atoms with van der Waals surface area (Å²) in [6.45, 7) is 0.841. The summed E-state index contributed by atoms with van der Waals surface area (Å²) in [6.07, 6.45) is -0.969. The van der Waals surface area contributed by atoms with Gasteiger partial charge in [0.15, 0.2) is 12.7 Å². The Labute approximate surface area is 164 Å². The van der Waals surface area contributed by atoms with Crippen molar-refractivity contribution in [1.82, 2.24) is 0 Å². The maximum Gasteiger partial charge on any atom is 0.347 e. The van der Waals surface area contributed by atoms with Gasteiger partial charge in [0.1, 0.15) is 11.8 Å². The van der Waals surface area contributed by atoms with Gasteiger partial charge in [-0.05, 0) is 37.3 Å². The Bertz CT molecular complexity index is 939. The van der Waals surface area contributed by atoms with Crippen LogP contribution in [0, 0.1) is 21.4 Å². The van der Waals surface area contributed by atoms with E-state index in [1.807, 2.05) is 0 Å². The zero-order chi connectivity index (χ0) is 20.7. The standard InChI is InChI=1S/C18H14ClN3O6/c1-11(28-15-5-2-13(19)3-6-15)18(24)27-10-17(23)21-16-7-4-14(22(25)26)8-12(16)9-20/h2-8,11H,10H2,1H3,(H,21,23)/t11-/m0/s1. The number of nitrogens with one attached hydrogen (secondary N) is 1. The van der Waals surface area contributed by atoms with Gasteiger partial charge in [0.2, 0.25) is 0 Å². The molecule has 0 saturated carbocycles. The third-order valence-electron chi connectivity index (χ3n) is 3.41. The molecule has 2 aromatic rings. The van der Waals surface area contributed by atoms with Gasteiger partial charge in [-0.2, -0.15) is 5.26 Å². The number of nitro benzene ring substituents is 1. The Hall–Kier alpha value is -3.64. The highest BCUT2D eigenvalue weighted by Crippen LogP contribution is 2.21. The molecule has 1 N–H and O–H groups in total. The van der Waals surface area contributed by atoms with E-state index in [-0.39, 0.29) is 16.9 Å². The number of rotatable bonds is 7. The van der Waals surface area contributed by atoms with Gasteiger partial charge in [-0.15, -0.1) is 0 Å². The molecule has 0 heterocycles. The highest BCUT2D eigenvalue weighted by atomic mass is 35.5. The SMILES string of the molecule is C[C@H](Oc1ccc(Cl)cc1)C(=O)OCC(=O)Nc1ccc([N+](=O)[O-])cc1C#N. The Morgan fingerprint density at radius 3 is 2.57 bits per heavy atom.